The molecule has 1 aliphatic heterocycles. The second kappa shape index (κ2) is 1.60. The standard InChI is InChI=1S/C10H16O2/c1-9(2)5-4-6(9)10(3)8(12-10)7(5)11/h5-8,11H,4H2,1-3H3/t5?,6?,7-,8+,10-/m1/s1. The number of hydrogen-bond acceptors (Lipinski definition) is 2. The molecule has 3 aliphatic carbocycles. The minimum absolute atomic E-state index is 0.0255. The number of ether oxygens (including phenoxy) is 1. The van der Waals surface area contributed by atoms with Crippen LogP contribution in [0.3, 0.4) is 0 Å². The van der Waals surface area contributed by atoms with Crippen molar-refractivity contribution >= 4 is 0 Å². The van der Waals surface area contributed by atoms with Gasteiger partial charge >= 0.3 is 0 Å². The molecule has 68 valence electrons. The Morgan fingerprint density at radius 2 is 2.00 bits per heavy atom. The predicted molar refractivity (Wildman–Crippen MR) is 44.7 cm³/mol. The van der Waals surface area contributed by atoms with E-state index in [0.29, 0.717) is 17.3 Å². The first-order chi connectivity index (χ1) is 5.48. The van der Waals surface area contributed by atoms with E-state index in [1.54, 1.807) is 0 Å². The SMILES string of the molecule is CC1(C)C2CC1[C@@]1(C)O[C@H]1[C@@H]2O. The lowest BCUT2D eigenvalue weighted by Crippen LogP contribution is -2.62. The van der Waals surface area contributed by atoms with Crippen LogP contribution in [0.15, 0.2) is 0 Å². The summed E-state index contributed by atoms with van der Waals surface area (Å²) in [5.41, 5.74) is 0.332. The van der Waals surface area contributed by atoms with Gasteiger partial charge in [-0.05, 0) is 30.6 Å². The molecule has 0 aromatic heterocycles. The normalized spacial score (nSPS) is 65.0. The van der Waals surface area contributed by atoms with Crippen molar-refractivity contribution in [2.75, 3.05) is 0 Å². The summed E-state index contributed by atoms with van der Waals surface area (Å²) in [5.74, 6) is 1.17. The Bertz CT molecular complexity index is 243. The quantitative estimate of drug-likeness (QED) is 0.551. The average molecular weight is 168 g/mol. The monoisotopic (exact) mass is 168 g/mol. The lowest BCUT2D eigenvalue weighted by molar-refractivity contribution is -0.139. The van der Waals surface area contributed by atoms with E-state index in [4.69, 9.17) is 4.74 Å². The molecule has 3 saturated carbocycles. The molecule has 0 aromatic carbocycles. The van der Waals surface area contributed by atoms with E-state index < -0.39 is 0 Å². The second-order valence-electron chi connectivity index (χ2n) is 5.43. The van der Waals surface area contributed by atoms with E-state index in [1.807, 2.05) is 0 Å². The van der Waals surface area contributed by atoms with E-state index in [1.165, 1.54) is 6.42 Å². The predicted octanol–water partition coefficient (Wildman–Crippen LogP) is 1.18. The third-order valence-corrected chi connectivity index (χ3v) is 4.65. The Morgan fingerprint density at radius 1 is 1.33 bits per heavy atom. The highest BCUT2D eigenvalue weighted by molar-refractivity contribution is 5.24. The molecule has 1 saturated heterocycles. The molecule has 1 N–H and O–H groups in total. The molecule has 0 amide bonds. The lowest BCUT2D eigenvalue weighted by atomic mass is 9.45. The molecule has 0 radical (unpaired) electrons. The molecular formula is C10H16O2. The van der Waals surface area contributed by atoms with Gasteiger partial charge in [-0.15, -0.1) is 0 Å². The molecule has 2 unspecified atom stereocenters. The van der Waals surface area contributed by atoms with Crippen LogP contribution in [0.5, 0.6) is 0 Å². The first-order valence-electron chi connectivity index (χ1n) is 4.84. The molecule has 2 nitrogen and oxygen atoms in total. The van der Waals surface area contributed by atoms with Gasteiger partial charge in [0.2, 0.25) is 0 Å². The second-order valence-corrected chi connectivity index (χ2v) is 5.43. The molecule has 4 rings (SSSR count). The molecule has 1 heterocycles. The highest BCUT2D eigenvalue weighted by Crippen LogP contribution is 2.70. The highest BCUT2D eigenvalue weighted by atomic mass is 16.6. The van der Waals surface area contributed by atoms with E-state index in [0.717, 1.165) is 0 Å². The van der Waals surface area contributed by atoms with E-state index in [-0.39, 0.29) is 17.8 Å². The Labute approximate surface area is 72.9 Å². The molecule has 4 aliphatic rings. The van der Waals surface area contributed by atoms with E-state index in [9.17, 15) is 5.11 Å². The van der Waals surface area contributed by atoms with Gasteiger partial charge < -0.3 is 9.84 Å². The van der Waals surface area contributed by atoms with E-state index in [2.05, 4.69) is 20.8 Å². The number of rotatable bonds is 0. The van der Waals surface area contributed by atoms with Crippen LogP contribution < -0.4 is 0 Å². The Morgan fingerprint density at radius 3 is 2.50 bits per heavy atom. The zero-order valence-electron chi connectivity index (χ0n) is 7.87. The molecule has 5 atom stereocenters. The third-order valence-electron chi connectivity index (χ3n) is 4.65. The summed E-state index contributed by atoms with van der Waals surface area (Å²) in [5, 5.41) is 9.90. The van der Waals surface area contributed by atoms with Crippen LogP contribution in [0.4, 0.5) is 0 Å². The maximum atomic E-state index is 9.90. The summed E-state index contributed by atoms with van der Waals surface area (Å²) in [6, 6.07) is 0. The zero-order chi connectivity index (χ0) is 8.72. The number of epoxide rings is 1. The first-order valence-corrected chi connectivity index (χ1v) is 4.84. The van der Waals surface area contributed by atoms with Gasteiger partial charge in [-0.1, -0.05) is 13.8 Å². The lowest BCUT2D eigenvalue weighted by Gasteiger charge is -2.59. The van der Waals surface area contributed by atoms with Crippen LogP contribution in [0.2, 0.25) is 0 Å². The average Bonchev–Trinajstić information content (AvgIpc) is 2.61. The maximum absolute atomic E-state index is 9.90. The maximum Gasteiger partial charge on any atom is 0.113 e. The van der Waals surface area contributed by atoms with Crippen molar-refractivity contribution in [1.82, 2.24) is 0 Å². The summed E-state index contributed by atoms with van der Waals surface area (Å²) in [4.78, 5) is 0. The summed E-state index contributed by atoms with van der Waals surface area (Å²) in [6.45, 7) is 6.68. The van der Waals surface area contributed by atoms with Crippen molar-refractivity contribution in [3.8, 4) is 0 Å². The smallest absolute Gasteiger partial charge is 0.113 e. The van der Waals surface area contributed by atoms with Gasteiger partial charge in [0, 0.05) is 0 Å². The molecule has 12 heavy (non-hydrogen) atoms. The minimum atomic E-state index is -0.199. The Balaban J connectivity index is 2.01. The summed E-state index contributed by atoms with van der Waals surface area (Å²) < 4.78 is 5.62. The van der Waals surface area contributed by atoms with Gasteiger partial charge in [-0.3, -0.25) is 0 Å². The zero-order valence-corrected chi connectivity index (χ0v) is 7.87. The molecule has 4 fully saturated rings. The molecule has 0 aromatic rings. The molecule has 2 heteroatoms. The van der Waals surface area contributed by atoms with Crippen molar-refractivity contribution in [2.45, 2.75) is 45.0 Å². The Kier molecular flexibility index (Phi) is 0.978. The van der Waals surface area contributed by atoms with Gasteiger partial charge in [0.05, 0.1) is 11.7 Å². The molecular weight excluding hydrogens is 152 g/mol. The number of aliphatic hydroxyl groups excluding tert-OH is 1. The van der Waals surface area contributed by atoms with Gasteiger partial charge in [0.1, 0.15) is 6.10 Å². The molecule has 2 bridgehead atoms. The van der Waals surface area contributed by atoms with Crippen molar-refractivity contribution in [3.63, 3.8) is 0 Å². The molecule has 0 spiro atoms. The van der Waals surface area contributed by atoms with Crippen LogP contribution in [0, 0.1) is 17.3 Å². The van der Waals surface area contributed by atoms with Crippen molar-refractivity contribution < 1.29 is 9.84 Å². The summed E-state index contributed by atoms with van der Waals surface area (Å²) in [7, 11) is 0. The van der Waals surface area contributed by atoms with Crippen LogP contribution in [-0.2, 0) is 4.74 Å². The van der Waals surface area contributed by atoms with Gasteiger partial charge in [0.25, 0.3) is 0 Å². The Hall–Kier alpha value is -0.0800. The number of aliphatic hydroxyl groups is 1. The highest BCUT2D eigenvalue weighted by Gasteiger charge is 2.76. The minimum Gasteiger partial charge on any atom is -0.390 e. The summed E-state index contributed by atoms with van der Waals surface area (Å²) in [6.07, 6.45) is 1.13. The van der Waals surface area contributed by atoms with Gasteiger partial charge in [-0.2, -0.15) is 0 Å². The fourth-order valence-electron chi connectivity index (χ4n) is 3.65. The fourth-order valence-corrected chi connectivity index (χ4v) is 3.65. The van der Waals surface area contributed by atoms with Crippen molar-refractivity contribution in [3.05, 3.63) is 0 Å². The third kappa shape index (κ3) is 0.521. The first kappa shape index (κ1) is 7.34. The van der Waals surface area contributed by atoms with Crippen LogP contribution in [0.25, 0.3) is 0 Å². The van der Waals surface area contributed by atoms with Crippen LogP contribution in [0.1, 0.15) is 27.2 Å². The van der Waals surface area contributed by atoms with Crippen molar-refractivity contribution in [2.24, 2.45) is 17.3 Å². The van der Waals surface area contributed by atoms with E-state index >= 15 is 0 Å². The fraction of sp³-hybridized carbons (Fsp3) is 1.00. The van der Waals surface area contributed by atoms with Crippen LogP contribution in [-0.4, -0.2) is 22.9 Å². The van der Waals surface area contributed by atoms with Gasteiger partial charge in [-0.25, -0.2) is 0 Å². The topological polar surface area (TPSA) is 32.8 Å². The largest absolute Gasteiger partial charge is 0.390 e. The summed E-state index contributed by atoms with van der Waals surface area (Å²) >= 11 is 0. The van der Waals surface area contributed by atoms with Crippen LogP contribution >= 0.6 is 0 Å². The van der Waals surface area contributed by atoms with Crippen molar-refractivity contribution in [1.29, 1.82) is 0 Å². The number of hydrogen-bond donors (Lipinski definition) is 1. The van der Waals surface area contributed by atoms with Gasteiger partial charge in [0.15, 0.2) is 0 Å².